The van der Waals surface area contributed by atoms with Crippen molar-refractivity contribution in [2.75, 3.05) is 20.3 Å². The van der Waals surface area contributed by atoms with Gasteiger partial charge >= 0.3 is 19.8 Å². The summed E-state index contributed by atoms with van der Waals surface area (Å²) < 4.78 is 10.4. The van der Waals surface area contributed by atoms with E-state index in [1.54, 1.807) is 43.7 Å². The maximum absolute atomic E-state index is 10.3. The van der Waals surface area contributed by atoms with Crippen molar-refractivity contribution < 1.29 is 39.5 Å². The molecule has 0 fully saturated rings. The number of aliphatic imine (C=N–C) groups is 2. The Kier molecular flexibility index (Phi) is 9.39. The molecule has 0 saturated heterocycles. The molecule has 6 nitrogen and oxygen atoms in total. The molecule has 0 spiro atoms. The van der Waals surface area contributed by atoms with Crippen molar-refractivity contribution in [3.8, 4) is 17.2 Å². The molecule has 161 valence electrons. The summed E-state index contributed by atoms with van der Waals surface area (Å²) in [4.78, 5) is 9.13. The predicted molar refractivity (Wildman–Crippen MR) is 119 cm³/mol. The normalized spacial score (nSPS) is 11.4. The molecule has 0 heterocycles. The van der Waals surface area contributed by atoms with Gasteiger partial charge in [-0.05, 0) is 43.3 Å². The number of phenols is 2. The molecule has 7 heteroatoms. The maximum atomic E-state index is 10.3. The second kappa shape index (κ2) is 12.0. The first-order chi connectivity index (χ1) is 14.6. The monoisotopic (exact) mass is 596 g/mol. The molecule has 0 aliphatic carbocycles. The van der Waals surface area contributed by atoms with E-state index in [1.807, 2.05) is 43.3 Å². The molecule has 0 unspecified atom stereocenters. The van der Waals surface area contributed by atoms with E-state index in [0.717, 1.165) is 0 Å². The van der Waals surface area contributed by atoms with Crippen molar-refractivity contribution >= 4 is 23.3 Å². The number of benzene rings is 3. The van der Waals surface area contributed by atoms with E-state index < -0.39 is 0 Å². The SMILES string of the molecule is COCCOc1ccc(C=Nc2ccccc2N=C(C)c2ccccc2O)c(O)c1.[Os+]. The van der Waals surface area contributed by atoms with E-state index in [-0.39, 0.29) is 31.3 Å². The van der Waals surface area contributed by atoms with Crippen LogP contribution in [0.15, 0.2) is 76.7 Å². The molecule has 1 radical (unpaired) electrons. The summed E-state index contributed by atoms with van der Waals surface area (Å²) in [6.45, 7) is 2.72. The van der Waals surface area contributed by atoms with Crippen LogP contribution in [0.4, 0.5) is 11.4 Å². The summed E-state index contributed by atoms with van der Waals surface area (Å²) in [5, 5.41) is 20.3. The number of nitrogens with zero attached hydrogens (tertiary/aromatic N) is 2. The largest absolute Gasteiger partial charge is 1.00 e. The summed E-state index contributed by atoms with van der Waals surface area (Å²) in [5.41, 5.74) is 3.21. The first-order valence-corrected chi connectivity index (χ1v) is 9.50. The fourth-order valence-electron chi connectivity index (χ4n) is 2.79. The van der Waals surface area contributed by atoms with Gasteiger partial charge in [-0.15, -0.1) is 0 Å². The quantitative estimate of drug-likeness (QED) is 0.284. The molecular weight excluding hydrogens is 571 g/mol. The zero-order valence-corrected chi connectivity index (χ0v) is 19.8. The minimum absolute atomic E-state index is 0. The van der Waals surface area contributed by atoms with Gasteiger partial charge in [0.05, 0.1) is 18.0 Å². The van der Waals surface area contributed by atoms with E-state index in [2.05, 4.69) is 9.98 Å². The van der Waals surface area contributed by atoms with Crippen molar-refractivity contribution in [2.24, 2.45) is 9.98 Å². The topological polar surface area (TPSA) is 83.6 Å². The molecule has 0 bridgehead atoms. The summed E-state index contributed by atoms with van der Waals surface area (Å²) in [5.74, 6) is 0.808. The van der Waals surface area contributed by atoms with Crippen molar-refractivity contribution in [2.45, 2.75) is 6.92 Å². The summed E-state index contributed by atoms with van der Waals surface area (Å²) in [6, 6.07) is 19.5. The van der Waals surface area contributed by atoms with Crippen LogP contribution in [-0.2, 0) is 24.5 Å². The Morgan fingerprint density at radius 1 is 0.903 bits per heavy atom. The summed E-state index contributed by atoms with van der Waals surface area (Å²) in [7, 11) is 1.60. The van der Waals surface area contributed by atoms with Gasteiger partial charge in [-0.25, -0.2) is 0 Å². The van der Waals surface area contributed by atoms with Crippen molar-refractivity contribution in [1.29, 1.82) is 0 Å². The van der Waals surface area contributed by atoms with Crippen LogP contribution in [0.3, 0.4) is 0 Å². The van der Waals surface area contributed by atoms with E-state index >= 15 is 0 Å². The third-order valence-corrected chi connectivity index (χ3v) is 4.36. The van der Waals surface area contributed by atoms with Gasteiger partial charge in [0.25, 0.3) is 0 Å². The number of para-hydroxylation sites is 3. The minimum atomic E-state index is 0. The summed E-state index contributed by atoms with van der Waals surface area (Å²) in [6.07, 6.45) is 1.58. The van der Waals surface area contributed by atoms with Gasteiger partial charge in [-0.1, -0.05) is 24.3 Å². The van der Waals surface area contributed by atoms with Crippen LogP contribution in [0.2, 0.25) is 0 Å². The van der Waals surface area contributed by atoms with Crippen LogP contribution in [-0.4, -0.2) is 42.5 Å². The zero-order chi connectivity index (χ0) is 21.3. The first-order valence-electron chi connectivity index (χ1n) is 9.50. The van der Waals surface area contributed by atoms with Gasteiger partial charge in [-0.3, -0.25) is 9.98 Å². The number of hydrogen-bond donors (Lipinski definition) is 2. The van der Waals surface area contributed by atoms with Gasteiger partial charge in [0.2, 0.25) is 0 Å². The fourth-order valence-corrected chi connectivity index (χ4v) is 2.79. The number of hydrogen-bond acceptors (Lipinski definition) is 6. The second-order valence-corrected chi connectivity index (χ2v) is 6.52. The van der Waals surface area contributed by atoms with Gasteiger partial charge in [0.15, 0.2) is 0 Å². The smallest absolute Gasteiger partial charge is 0.507 e. The summed E-state index contributed by atoms with van der Waals surface area (Å²) >= 11 is 0. The van der Waals surface area contributed by atoms with Crippen molar-refractivity contribution in [3.05, 3.63) is 77.9 Å². The fraction of sp³-hybridized carbons (Fsp3) is 0.167. The average molecular weight is 595 g/mol. The Bertz CT molecular complexity index is 1070. The van der Waals surface area contributed by atoms with Crippen molar-refractivity contribution in [1.82, 2.24) is 0 Å². The molecular formula is C24H24N2O4Os+. The van der Waals surface area contributed by atoms with Gasteiger partial charge in [0, 0.05) is 36.2 Å². The Hall–Kier alpha value is -3.00. The third-order valence-electron chi connectivity index (χ3n) is 4.36. The standard InChI is InChI=1S/C24H24N2O4.Os/c1-17(20-7-3-6-10-23(20)27)26-22-9-5-4-8-21(22)25-16-18-11-12-19(15-24(18)28)30-14-13-29-2;/h3-12,15-16,27-28H,13-14H2,1-2H3;/q;+1. The van der Waals surface area contributed by atoms with E-state index in [0.29, 0.717) is 47.2 Å². The molecule has 0 aliphatic heterocycles. The Labute approximate surface area is 195 Å². The Balaban J connectivity index is 0.00000341. The molecule has 0 saturated carbocycles. The van der Waals surface area contributed by atoms with E-state index in [1.165, 1.54) is 0 Å². The second-order valence-electron chi connectivity index (χ2n) is 6.52. The molecule has 0 aliphatic rings. The van der Waals surface area contributed by atoms with Gasteiger partial charge < -0.3 is 19.7 Å². The zero-order valence-electron chi connectivity index (χ0n) is 17.3. The number of ether oxygens (including phenoxy) is 2. The van der Waals surface area contributed by atoms with Crippen LogP contribution in [0, 0.1) is 0 Å². The molecule has 0 amide bonds. The van der Waals surface area contributed by atoms with Gasteiger partial charge in [0.1, 0.15) is 23.9 Å². The third kappa shape index (κ3) is 6.75. The van der Waals surface area contributed by atoms with E-state index in [9.17, 15) is 10.2 Å². The van der Waals surface area contributed by atoms with Crippen LogP contribution < -0.4 is 4.74 Å². The Morgan fingerprint density at radius 3 is 2.32 bits per heavy atom. The molecule has 31 heavy (non-hydrogen) atoms. The van der Waals surface area contributed by atoms with Gasteiger partial charge in [-0.2, -0.15) is 0 Å². The maximum Gasteiger partial charge on any atom is 1.00 e. The molecule has 0 aromatic heterocycles. The van der Waals surface area contributed by atoms with Crippen molar-refractivity contribution in [3.63, 3.8) is 0 Å². The molecule has 3 aromatic carbocycles. The Morgan fingerprint density at radius 2 is 1.61 bits per heavy atom. The van der Waals surface area contributed by atoms with Crippen LogP contribution >= 0.6 is 0 Å². The molecule has 2 N–H and O–H groups in total. The minimum Gasteiger partial charge on any atom is -0.507 e. The van der Waals surface area contributed by atoms with Crippen LogP contribution in [0.1, 0.15) is 18.1 Å². The number of methoxy groups -OCH3 is 1. The van der Waals surface area contributed by atoms with E-state index in [4.69, 9.17) is 9.47 Å². The molecule has 3 aromatic rings. The molecule has 3 rings (SSSR count). The first kappa shape index (κ1) is 24.3. The van der Waals surface area contributed by atoms with Crippen LogP contribution in [0.25, 0.3) is 0 Å². The number of rotatable bonds is 8. The predicted octanol–water partition coefficient (Wildman–Crippen LogP) is 5.01. The molecule has 0 atom stereocenters. The average Bonchev–Trinajstić information content (AvgIpc) is 2.74. The number of phenolic OH excluding ortho intramolecular Hbond substituents is 2. The number of aromatic hydroxyl groups is 2. The van der Waals surface area contributed by atoms with Crippen LogP contribution in [0.5, 0.6) is 17.2 Å².